The van der Waals surface area contributed by atoms with Crippen LogP contribution in [-0.2, 0) is 20.5 Å². The van der Waals surface area contributed by atoms with Crippen molar-refractivity contribution in [2.45, 2.75) is 25.2 Å². The Balaban J connectivity index is 1.50. The van der Waals surface area contributed by atoms with Crippen LogP contribution in [0, 0.1) is 0 Å². The van der Waals surface area contributed by atoms with Gasteiger partial charge in [-0.3, -0.25) is 4.68 Å². The van der Waals surface area contributed by atoms with E-state index in [-0.39, 0.29) is 11.9 Å². The zero-order valence-electron chi connectivity index (χ0n) is 13.6. The number of hydrogen-bond donors (Lipinski definition) is 1. The van der Waals surface area contributed by atoms with Crippen LogP contribution in [0.25, 0.3) is 0 Å². The fraction of sp³-hybridized carbons (Fsp3) is 0.600. The zero-order chi connectivity index (χ0) is 16.2. The van der Waals surface area contributed by atoms with Crippen molar-refractivity contribution >= 4 is 6.03 Å². The van der Waals surface area contributed by atoms with Gasteiger partial charge in [-0.25, -0.2) is 4.79 Å². The number of aryl methyl sites for hydroxylation is 2. The summed E-state index contributed by atoms with van der Waals surface area (Å²) in [5, 5.41) is 15.2. The van der Waals surface area contributed by atoms with Gasteiger partial charge >= 0.3 is 6.03 Å². The van der Waals surface area contributed by atoms with E-state index >= 15 is 0 Å². The summed E-state index contributed by atoms with van der Waals surface area (Å²) in [6, 6.07) is 0.000702. The number of rotatable bonds is 4. The lowest BCUT2D eigenvalue weighted by Gasteiger charge is -2.32. The van der Waals surface area contributed by atoms with E-state index in [0.717, 1.165) is 37.2 Å². The first kappa shape index (κ1) is 15.5. The molecule has 2 amide bonds. The molecule has 1 saturated heterocycles. The molecule has 8 heteroatoms. The summed E-state index contributed by atoms with van der Waals surface area (Å²) in [6.45, 7) is 2.12. The van der Waals surface area contributed by atoms with E-state index in [1.165, 1.54) is 0 Å². The number of carbonyl (C=O) groups excluding carboxylic acids is 1. The number of carbonyl (C=O) groups is 1. The van der Waals surface area contributed by atoms with Gasteiger partial charge in [-0.2, -0.15) is 5.10 Å². The van der Waals surface area contributed by atoms with Crippen LogP contribution in [0.4, 0.5) is 4.79 Å². The maximum Gasteiger partial charge on any atom is 0.317 e. The van der Waals surface area contributed by atoms with Crippen molar-refractivity contribution in [3.8, 4) is 0 Å². The molecule has 1 unspecified atom stereocenters. The molecule has 8 nitrogen and oxygen atoms in total. The van der Waals surface area contributed by atoms with Crippen molar-refractivity contribution in [1.82, 2.24) is 34.8 Å². The summed E-state index contributed by atoms with van der Waals surface area (Å²) in [5.74, 6) is 1.22. The summed E-state index contributed by atoms with van der Waals surface area (Å²) in [4.78, 5) is 14.2. The van der Waals surface area contributed by atoms with Crippen molar-refractivity contribution in [1.29, 1.82) is 0 Å². The number of aromatic nitrogens is 5. The minimum Gasteiger partial charge on any atom is -0.338 e. The maximum atomic E-state index is 12.3. The third-order valence-corrected chi connectivity index (χ3v) is 4.27. The second-order valence-corrected chi connectivity index (χ2v) is 6.09. The Morgan fingerprint density at radius 1 is 1.43 bits per heavy atom. The zero-order valence-corrected chi connectivity index (χ0v) is 13.6. The standard InChI is InChI=1S/C15H23N7O/c1-20-11-17-19-14(20)13-4-3-7-22(10-13)15(23)16-6-5-12-8-18-21(2)9-12/h8-9,11,13H,3-7,10H2,1-2H3,(H,16,23). The van der Waals surface area contributed by atoms with E-state index in [1.54, 1.807) is 11.0 Å². The number of amides is 2. The molecule has 23 heavy (non-hydrogen) atoms. The van der Waals surface area contributed by atoms with Gasteiger partial charge in [0.05, 0.1) is 6.20 Å². The summed E-state index contributed by atoms with van der Waals surface area (Å²) in [7, 11) is 3.84. The van der Waals surface area contributed by atoms with Crippen LogP contribution in [0.15, 0.2) is 18.7 Å². The third kappa shape index (κ3) is 3.69. The average molecular weight is 317 g/mol. The highest BCUT2D eigenvalue weighted by Crippen LogP contribution is 2.24. The lowest BCUT2D eigenvalue weighted by Crippen LogP contribution is -2.45. The van der Waals surface area contributed by atoms with Gasteiger partial charge in [0.1, 0.15) is 12.2 Å². The quantitative estimate of drug-likeness (QED) is 0.899. The Bertz CT molecular complexity index is 662. The van der Waals surface area contributed by atoms with Gasteiger partial charge in [-0.15, -0.1) is 10.2 Å². The highest BCUT2D eigenvalue weighted by atomic mass is 16.2. The predicted octanol–water partition coefficient (Wildman–Crippen LogP) is 0.680. The van der Waals surface area contributed by atoms with Crippen LogP contribution < -0.4 is 5.32 Å². The highest BCUT2D eigenvalue weighted by molar-refractivity contribution is 5.74. The number of nitrogens with one attached hydrogen (secondary N) is 1. The van der Waals surface area contributed by atoms with Crippen LogP contribution in [-0.4, -0.2) is 55.1 Å². The monoisotopic (exact) mass is 317 g/mol. The molecule has 0 radical (unpaired) electrons. The van der Waals surface area contributed by atoms with Crippen molar-refractivity contribution in [3.63, 3.8) is 0 Å². The molecule has 3 rings (SSSR count). The molecule has 1 fully saturated rings. The average Bonchev–Trinajstić information content (AvgIpc) is 3.16. The smallest absolute Gasteiger partial charge is 0.317 e. The van der Waals surface area contributed by atoms with Crippen LogP contribution in [0.1, 0.15) is 30.1 Å². The molecule has 1 aliphatic heterocycles. The minimum absolute atomic E-state index is 0.000702. The Labute approximate surface area is 135 Å². The van der Waals surface area contributed by atoms with E-state index in [1.807, 2.05) is 36.0 Å². The summed E-state index contributed by atoms with van der Waals surface area (Å²) in [6.07, 6.45) is 8.34. The Kier molecular flexibility index (Phi) is 4.59. The molecule has 2 aromatic rings. The number of nitrogens with zero attached hydrogens (tertiary/aromatic N) is 6. The van der Waals surface area contributed by atoms with Gasteiger partial charge in [0.2, 0.25) is 0 Å². The van der Waals surface area contributed by atoms with Crippen molar-refractivity contribution in [2.24, 2.45) is 14.1 Å². The molecule has 1 N–H and O–H groups in total. The molecule has 0 aromatic carbocycles. The SMILES string of the molecule is Cn1cc(CCNC(=O)N2CCCC(c3nncn3C)C2)cn1. The van der Waals surface area contributed by atoms with E-state index in [4.69, 9.17) is 0 Å². The molecule has 0 spiro atoms. The number of urea groups is 1. The van der Waals surface area contributed by atoms with Crippen LogP contribution in [0.2, 0.25) is 0 Å². The first-order chi connectivity index (χ1) is 11.1. The normalized spacial score (nSPS) is 18.2. The lowest BCUT2D eigenvalue weighted by atomic mass is 9.97. The predicted molar refractivity (Wildman–Crippen MR) is 84.9 cm³/mol. The van der Waals surface area contributed by atoms with Gasteiger partial charge in [0, 0.05) is 45.8 Å². The molecule has 1 aliphatic rings. The van der Waals surface area contributed by atoms with Crippen molar-refractivity contribution < 1.29 is 4.79 Å². The Morgan fingerprint density at radius 3 is 3.00 bits per heavy atom. The molecule has 2 aromatic heterocycles. The summed E-state index contributed by atoms with van der Waals surface area (Å²) in [5.41, 5.74) is 1.13. The van der Waals surface area contributed by atoms with E-state index < -0.39 is 0 Å². The second-order valence-electron chi connectivity index (χ2n) is 6.09. The van der Waals surface area contributed by atoms with Crippen molar-refractivity contribution in [2.75, 3.05) is 19.6 Å². The topological polar surface area (TPSA) is 80.9 Å². The second kappa shape index (κ2) is 6.80. The first-order valence-corrected chi connectivity index (χ1v) is 7.97. The third-order valence-electron chi connectivity index (χ3n) is 4.27. The minimum atomic E-state index is 0.000702. The largest absolute Gasteiger partial charge is 0.338 e. The molecular formula is C15H23N7O. The molecule has 3 heterocycles. The Hall–Kier alpha value is -2.38. The van der Waals surface area contributed by atoms with Crippen LogP contribution >= 0.6 is 0 Å². The molecule has 0 saturated carbocycles. The number of likely N-dealkylation sites (tertiary alicyclic amines) is 1. The van der Waals surface area contributed by atoms with E-state index in [0.29, 0.717) is 13.1 Å². The van der Waals surface area contributed by atoms with Crippen LogP contribution in [0.5, 0.6) is 0 Å². The molecule has 0 bridgehead atoms. The number of piperidine rings is 1. The fourth-order valence-corrected chi connectivity index (χ4v) is 3.06. The fourth-order valence-electron chi connectivity index (χ4n) is 3.06. The summed E-state index contributed by atoms with van der Waals surface area (Å²) >= 11 is 0. The molecular weight excluding hydrogens is 294 g/mol. The van der Waals surface area contributed by atoms with Gasteiger partial charge in [-0.05, 0) is 24.8 Å². The molecule has 0 aliphatic carbocycles. The maximum absolute atomic E-state index is 12.3. The first-order valence-electron chi connectivity index (χ1n) is 7.97. The van der Waals surface area contributed by atoms with Gasteiger partial charge < -0.3 is 14.8 Å². The Morgan fingerprint density at radius 2 is 2.30 bits per heavy atom. The van der Waals surface area contributed by atoms with E-state index in [2.05, 4.69) is 20.6 Å². The molecule has 1 atom stereocenters. The number of hydrogen-bond acceptors (Lipinski definition) is 4. The summed E-state index contributed by atoms with van der Waals surface area (Å²) < 4.78 is 3.71. The lowest BCUT2D eigenvalue weighted by molar-refractivity contribution is 0.178. The van der Waals surface area contributed by atoms with Gasteiger partial charge in [0.25, 0.3) is 0 Å². The van der Waals surface area contributed by atoms with Crippen molar-refractivity contribution in [3.05, 3.63) is 30.1 Å². The van der Waals surface area contributed by atoms with Gasteiger partial charge in [0.15, 0.2) is 0 Å². The van der Waals surface area contributed by atoms with Gasteiger partial charge in [-0.1, -0.05) is 0 Å². The van der Waals surface area contributed by atoms with E-state index in [9.17, 15) is 4.79 Å². The molecule has 124 valence electrons. The highest BCUT2D eigenvalue weighted by Gasteiger charge is 2.27. The van der Waals surface area contributed by atoms with Crippen LogP contribution in [0.3, 0.4) is 0 Å².